The van der Waals surface area contributed by atoms with Gasteiger partial charge in [-0.15, -0.1) is 0 Å². The summed E-state index contributed by atoms with van der Waals surface area (Å²) >= 11 is 0. The van der Waals surface area contributed by atoms with Crippen LogP contribution < -0.4 is 10.1 Å². The van der Waals surface area contributed by atoms with Crippen molar-refractivity contribution < 1.29 is 19.1 Å². The van der Waals surface area contributed by atoms with Crippen molar-refractivity contribution in [3.63, 3.8) is 0 Å². The van der Waals surface area contributed by atoms with Gasteiger partial charge in [0.05, 0.1) is 19.8 Å². The summed E-state index contributed by atoms with van der Waals surface area (Å²) in [6.07, 6.45) is 3.16. The predicted molar refractivity (Wildman–Crippen MR) is 81.0 cm³/mol. The Kier molecular flexibility index (Phi) is 3.65. The number of anilines is 1. The first-order valence-corrected chi connectivity index (χ1v) is 6.65. The number of carbonyl (C=O) groups is 1. The first-order chi connectivity index (χ1) is 10.7. The van der Waals surface area contributed by atoms with E-state index in [2.05, 4.69) is 10.3 Å². The lowest BCUT2D eigenvalue weighted by Gasteiger charge is -2.05. The molecule has 3 aromatic rings. The highest BCUT2D eigenvalue weighted by molar-refractivity contribution is 5.95. The number of methoxy groups -OCH3 is 1. The molecule has 1 aromatic carbocycles. The summed E-state index contributed by atoms with van der Waals surface area (Å²) < 4.78 is 10.6. The number of benzene rings is 1. The molecule has 0 radical (unpaired) electrons. The van der Waals surface area contributed by atoms with E-state index < -0.39 is 0 Å². The minimum absolute atomic E-state index is 0.0716. The molecule has 22 heavy (non-hydrogen) atoms. The van der Waals surface area contributed by atoms with E-state index in [9.17, 15) is 9.90 Å². The number of carbonyl (C=O) groups excluding carboxylic acids is 1. The second kappa shape index (κ2) is 5.77. The van der Waals surface area contributed by atoms with E-state index in [1.54, 1.807) is 25.5 Å². The van der Waals surface area contributed by atoms with Crippen LogP contribution in [0.4, 0.5) is 5.82 Å². The smallest absolute Gasteiger partial charge is 0.230 e. The quantitative estimate of drug-likeness (QED) is 0.773. The number of fused-ring (bicyclic) bond motifs is 1. The molecule has 2 N–H and O–H groups in total. The van der Waals surface area contributed by atoms with Crippen LogP contribution in [0.3, 0.4) is 0 Å². The van der Waals surface area contributed by atoms with Crippen molar-refractivity contribution in [3.8, 4) is 11.5 Å². The molecule has 0 aliphatic heterocycles. The molecule has 0 atom stereocenters. The van der Waals surface area contributed by atoms with Crippen LogP contribution in [0.1, 0.15) is 5.56 Å². The van der Waals surface area contributed by atoms with Crippen molar-refractivity contribution >= 4 is 22.7 Å². The van der Waals surface area contributed by atoms with Gasteiger partial charge in [0, 0.05) is 23.2 Å². The van der Waals surface area contributed by atoms with Crippen LogP contribution in [0.15, 0.2) is 47.2 Å². The number of hydrogen-bond acceptors (Lipinski definition) is 5. The van der Waals surface area contributed by atoms with Crippen molar-refractivity contribution in [3.05, 3.63) is 48.4 Å². The highest BCUT2D eigenvalue weighted by Gasteiger charge is 2.13. The summed E-state index contributed by atoms with van der Waals surface area (Å²) in [5, 5.41) is 13.0. The molecule has 6 heteroatoms. The first kappa shape index (κ1) is 13.9. The highest BCUT2D eigenvalue weighted by atomic mass is 16.5. The van der Waals surface area contributed by atoms with E-state index >= 15 is 0 Å². The van der Waals surface area contributed by atoms with Gasteiger partial charge in [-0.05, 0) is 24.3 Å². The van der Waals surface area contributed by atoms with Gasteiger partial charge in [-0.25, -0.2) is 4.98 Å². The number of ether oxygens (including phenoxy) is 1. The lowest BCUT2D eigenvalue weighted by Crippen LogP contribution is -2.15. The molecule has 6 nitrogen and oxygen atoms in total. The Bertz CT molecular complexity index is 826. The second-order valence-corrected chi connectivity index (χ2v) is 4.72. The largest absolute Gasteiger partial charge is 0.504 e. The number of aromatic hydroxyl groups is 1. The molecule has 3 rings (SSSR count). The van der Waals surface area contributed by atoms with Crippen LogP contribution in [0.5, 0.6) is 11.5 Å². The van der Waals surface area contributed by atoms with Crippen molar-refractivity contribution in [1.82, 2.24) is 4.98 Å². The molecular formula is C16H14N2O4. The molecule has 0 saturated heterocycles. The Morgan fingerprint density at radius 1 is 1.41 bits per heavy atom. The van der Waals surface area contributed by atoms with E-state index in [4.69, 9.17) is 9.15 Å². The summed E-state index contributed by atoms with van der Waals surface area (Å²) in [6, 6.07) is 8.47. The van der Waals surface area contributed by atoms with E-state index in [0.29, 0.717) is 11.3 Å². The molecule has 0 spiro atoms. The van der Waals surface area contributed by atoms with Gasteiger partial charge in [-0.1, -0.05) is 0 Å². The molecule has 112 valence electrons. The third-order valence-corrected chi connectivity index (χ3v) is 3.26. The monoisotopic (exact) mass is 298 g/mol. The SMILES string of the molecule is COc1ccc2c(CC(=O)Nc3ncccc3O)coc2c1. The highest BCUT2D eigenvalue weighted by Crippen LogP contribution is 2.26. The molecule has 2 heterocycles. The molecule has 0 aliphatic rings. The van der Waals surface area contributed by atoms with E-state index in [0.717, 1.165) is 10.9 Å². The van der Waals surface area contributed by atoms with Crippen molar-refractivity contribution in [2.45, 2.75) is 6.42 Å². The van der Waals surface area contributed by atoms with E-state index in [1.807, 2.05) is 12.1 Å². The number of furan rings is 1. The molecule has 1 amide bonds. The minimum Gasteiger partial charge on any atom is -0.504 e. The fourth-order valence-corrected chi connectivity index (χ4v) is 2.17. The van der Waals surface area contributed by atoms with Crippen LogP contribution in [0.25, 0.3) is 11.0 Å². The normalized spacial score (nSPS) is 10.6. The fourth-order valence-electron chi connectivity index (χ4n) is 2.17. The fraction of sp³-hybridized carbons (Fsp3) is 0.125. The third kappa shape index (κ3) is 2.71. The number of hydrogen-bond donors (Lipinski definition) is 2. The maximum Gasteiger partial charge on any atom is 0.230 e. The number of nitrogens with one attached hydrogen (secondary N) is 1. The number of aromatic nitrogens is 1. The predicted octanol–water partition coefficient (Wildman–Crippen LogP) is 2.72. The Morgan fingerprint density at radius 3 is 3.05 bits per heavy atom. The van der Waals surface area contributed by atoms with Crippen LogP contribution in [0, 0.1) is 0 Å². The third-order valence-electron chi connectivity index (χ3n) is 3.26. The van der Waals surface area contributed by atoms with Crippen LogP contribution in [0.2, 0.25) is 0 Å². The molecule has 0 aliphatic carbocycles. The van der Waals surface area contributed by atoms with Gasteiger partial charge in [0.2, 0.25) is 5.91 Å². The first-order valence-electron chi connectivity index (χ1n) is 6.65. The summed E-state index contributed by atoms with van der Waals surface area (Å²) in [5.74, 6) is 0.475. The summed E-state index contributed by atoms with van der Waals surface area (Å²) in [4.78, 5) is 16.0. The average molecular weight is 298 g/mol. The van der Waals surface area contributed by atoms with Gasteiger partial charge in [0.15, 0.2) is 11.6 Å². The summed E-state index contributed by atoms with van der Waals surface area (Å²) in [5.41, 5.74) is 1.41. The molecule has 2 aromatic heterocycles. The molecule has 0 saturated carbocycles. The number of pyridine rings is 1. The summed E-state index contributed by atoms with van der Waals surface area (Å²) in [7, 11) is 1.58. The molecule has 0 unspecified atom stereocenters. The maximum absolute atomic E-state index is 12.1. The van der Waals surface area contributed by atoms with Gasteiger partial charge < -0.3 is 19.6 Å². The maximum atomic E-state index is 12.1. The zero-order valence-electron chi connectivity index (χ0n) is 11.9. The zero-order chi connectivity index (χ0) is 15.5. The van der Waals surface area contributed by atoms with Crippen molar-refractivity contribution in [2.24, 2.45) is 0 Å². The van der Waals surface area contributed by atoms with Crippen LogP contribution >= 0.6 is 0 Å². The minimum atomic E-state index is -0.285. The second-order valence-electron chi connectivity index (χ2n) is 4.72. The van der Waals surface area contributed by atoms with E-state index in [-0.39, 0.29) is 23.9 Å². The molecular weight excluding hydrogens is 284 g/mol. The van der Waals surface area contributed by atoms with Crippen molar-refractivity contribution in [1.29, 1.82) is 0 Å². The van der Waals surface area contributed by atoms with Gasteiger partial charge >= 0.3 is 0 Å². The van der Waals surface area contributed by atoms with Gasteiger partial charge in [-0.3, -0.25) is 4.79 Å². The summed E-state index contributed by atoms with van der Waals surface area (Å²) in [6.45, 7) is 0. The van der Waals surface area contributed by atoms with Gasteiger partial charge in [0.25, 0.3) is 0 Å². The lowest BCUT2D eigenvalue weighted by atomic mass is 10.1. The van der Waals surface area contributed by atoms with Crippen LogP contribution in [-0.2, 0) is 11.2 Å². The Morgan fingerprint density at radius 2 is 2.27 bits per heavy atom. The standard InChI is InChI=1S/C16H14N2O4/c1-21-11-4-5-12-10(9-22-14(12)8-11)7-15(20)18-16-13(19)3-2-6-17-16/h2-6,8-9,19H,7H2,1H3,(H,17,18,20). The topological polar surface area (TPSA) is 84.6 Å². The van der Waals surface area contributed by atoms with Gasteiger partial charge in [0.1, 0.15) is 11.3 Å². The number of amides is 1. The number of rotatable bonds is 4. The Labute approximate surface area is 126 Å². The lowest BCUT2D eigenvalue weighted by molar-refractivity contribution is -0.115. The average Bonchev–Trinajstić information content (AvgIpc) is 2.91. The Balaban J connectivity index is 1.78. The van der Waals surface area contributed by atoms with Gasteiger partial charge in [-0.2, -0.15) is 0 Å². The number of nitrogens with zero attached hydrogens (tertiary/aromatic N) is 1. The van der Waals surface area contributed by atoms with E-state index in [1.165, 1.54) is 12.3 Å². The van der Waals surface area contributed by atoms with Crippen molar-refractivity contribution in [2.75, 3.05) is 12.4 Å². The molecule has 0 fully saturated rings. The van der Waals surface area contributed by atoms with Crippen LogP contribution in [-0.4, -0.2) is 23.1 Å². The Hall–Kier alpha value is -3.02. The molecule has 0 bridgehead atoms. The zero-order valence-corrected chi connectivity index (χ0v) is 11.9.